The van der Waals surface area contributed by atoms with E-state index in [0.29, 0.717) is 6.54 Å². The highest BCUT2D eigenvalue weighted by Crippen LogP contribution is 1.98. The number of hydrogen-bond donors (Lipinski definition) is 3. The fraction of sp³-hybridized carbons (Fsp3) is 0.778. The highest BCUT2D eigenvalue weighted by Gasteiger charge is 2.10. The van der Waals surface area contributed by atoms with E-state index in [0.717, 1.165) is 19.3 Å². The molecule has 0 aliphatic carbocycles. The summed E-state index contributed by atoms with van der Waals surface area (Å²) in [5.41, 5.74) is 5.21. The number of amides is 1. The highest BCUT2D eigenvalue weighted by atomic mass is 16.4. The van der Waals surface area contributed by atoms with Gasteiger partial charge in [0.2, 0.25) is 5.91 Å². The zero-order valence-electron chi connectivity index (χ0n) is 9.02. The van der Waals surface area contributed by atoms with E-state index in [4.69, 9.17) is 16.0 Å². The van der Waals surface area contributed by atoms with Crippen molar-refractivity contribution in [1.82, 2.24) is 4.90 Å². The van der Waals surface area contributed by atoms with Crippen LogP contribution in [-0.4, -0.2) is 47.2 Å². The van der Waals surface area contributed by atoms with Crippen LogP contribution in [0.25, 0.3) is 0 Å². The molecule has 0 aliphatic heterocycles. The number of unbranched alkanes of at least 4 members (excludes halogenated alkanes) is 2. The van der Waals surface area contributed by atoms with Crippen molar-refractivity contribution in [2.24, 2.45) is 10.9 Å². The molecule has 0 saturated heterocycles. The molecule has 0 aliphatic rings. The zero-order chi connectivity index (χ0) is 11.7. The number of carbonyl (C=O) groups is 1. The summed E-state index contributed by atoms with van der Waals surface area (Å²) in [6, 6.07) is 0. The van der Waals surface area contributed by atoms with E-state index in [1.807, 2.05) is 0 Å². The van der Waals surface area contributed by atoms with Gasteiger partial charge < -0.3 is 20.9 Å². The Labute approximate surface area is 89.4 Å². The maximum Gasteiger partial charge on any atom is 0.230 e. The number of rotatable bonds is 7. The number of nitrogens with two attached hydrogens (primary N) is 1. The SMILES string of the molecule is CN(CCCCCO)C(=O)CC(N)=NO. The number of nitrogens with zero attached hydrogens (tertiary/aromatic N) is 2. The van der Waals surface area contributed by atoms with Gasteiger partial charge in [0.1, 0.15) is 5.84 Å². The summed E-state index contributed by atoms with van der Waals surface area (Å²) in [6.07, 6.45) is 2.42. The van der Waals surface area contributed by atoms with Gasteiger partial charge in [-0.15, -0.1) is 0 Å². The molecule has 0 atom stereocenters. The summed E-state index contributed by atoms with van der Waals surface area (Å²) >= 11 is 0. The Bertz CT molecular complexity index is 219. The average Bonchev–Trinajstić information content (AvgIpc) is 2.23. The van der Waals surface area contributed by atoms with E-state index in [-0.39, 0.29) is 24.8 Å². The van der Waals surface area contributed by atoms with Crippen LogP contribution in [0.15, 0.2) is 5.16 Å². The van der Waals surface area contributed by atoms with Crippen LogP contribution in [0.1, 0.15) is 25.7 Å². The van der Waals surface area contributed by atoms with Crippen molar-refractivity contribution in [2.75, 3.05) is 20.2 Å². The summed E-state index contributed by atoms with van der Waals surface area (Å²) in [6.45, 7) is 0.805. The van der Waals surface area contributed by atoms with Crippen molar-refractivity contribution < 1.29 is 15.1 Å². The number of aliphatic hydroxyl groups is 1. The van der Waals surface area contributed by atoms with Crippen molar-refractivity contribution in [2.45, 2.75) is 25.7 Å². The number of aliphatic hydroxyl groups excluding tert-OH is 1. The second kappa shape index (κ2) is 8.05. The first-order chi connectivity index (χ1) is 7.11. The quantitative estimate of drug-likeness (QED) is 0.180. The molecule has 1 amide bonds. The Morgan fingerprint density at radius 3 is 2.60 bits per heavy atom. The predicted octanol–water partition coefficient (Wildman–Crippen LogP) is -0.256. The third kappa shape index (κ3) is 6.73. The van der Waals surface area contributed by atoms with Crippen LogP contribution in [0.3, 0.4) is 0 Å². The van der Waals surface area contributed by atoms with Gasteiger partial charge in [-0.2, -0.15) is 0 Å². The third-order valence-electron chi connectivity index (χ3n) is 2.04. The molecule has 0 spiro atoms. The summed E-state index contributed by atoms with van der Waals surface area (Å²) in [4.78, 5) is 12.9. The maximum absolute atomic E-state index is 11.4. The smallest absolute Gasteiger partial charge is 0.230 e. The highest BCUT2D eigenvalue weighted by molar-refractivity contribution is 5.98. The summed E-state index contributed by atoms with van der Waals surface area (Å²) in [5, 5.41) is 19.6. The molecule has 4 N–H and O–H groups in total. The van der Waals surface area contributed by atoms with Crippen LogP contribution in [0.5, 0.6) is 0 Å². The molecule has 6 heteroatoms. The lowest BCUT2D eigenvalue weighted by Gasteiger charge is -2.16. The minimum absolute atomic E-state index is 0.0625. The Balaban J connectivity index is 3.69. The van der Waals surface area contributed by atoms with E-state index in [2.05, 4.69) is 5.16 Å². The van der Waals surface area contributed by atoms with Gasteiger partial charge in [-0.25, -0.2) is 0 Å². The van der Waals surface area contributed by atoms with Crippen molar-refractivity contribution in [3.05, 3.63) is 0 Å². The molecule has 0 fully saturated rings. The minimum atomic E-state index is -0.172. The molecule has 0 aromatic rings. The van der Waals surface area contributed by atoms with Crippen LogP contribution in [0, 0.1) is 0 Å². The van der Waals surface area contributed by atoms with E-state index < -0.39 is 0 Å². The van der Waals surface area contributed by atoms with Gasteiger partial charge in [-0.05, 0) is 19.3 Å². The molecule has 6 nitrogen and oxygen atoms in total. The van der Waals surface area contributed by atoms with Crippen LogP contribution >= 0.6 is 0 Å². The predicted molar refractivity (Wildman–Crippen MR) is 56.6 cm³/mol. The molecule has 0 saturated carbocycles. The average molecular weight is 217 g/mol. The van der Waals surface area contributed by atoms with E-state index in [1.165, 1.54) is 4.90 Å². The van der Waals surface area contributed by atoms with Crippen LogP contribution in [-0.2, 0) is 4.79 Å². The minimum Gasteiger partial charge on any atom is -0.409 e. The molecule has 15 heavy (non-hydrogen) atoms. The van der Waals surface area contributed by atoms with Crippen molar-refractivity contribution in [3.8, 4) is 0 Å². The molecular weight excluding hydrogens is 198 g/mol. The van der Waals surface area contributed by atoms with Gasteiger partial charge in [0.05, 0.1) is 6.42 Å². The first kappa shape index (κ1) is 13.7. The van der Waals surface area contributed by atoms with Gasteiger partial charge in [0.25, 0.3) is 0 Å². The summed E-state index contributed by atoms with van der Waals surface area (Å²) in [7, 11) is 1.67. The normalized spacial score (nSPS) is 11.5. The molecule has 0 radical (unpaired) electrons. The van der Waals surface area contributed by atoms with Gasteiger partial charge in [-0.1, -0.05) is 5.16 Å². The molecule has 0 aromatic carbocycles. The Hall–Kier alpha value is -1.30. The fourth-order valence-corrected chi connectivity index (χ4v) is 1.09. The molecule has 0 rings (SSSR count). The van der Waals surface area contributed by atoms with Crippen molar-refractivity contribution >= 4 is 11.7 Å². The Morgan fingerprint density at radius 1 is 1.40 bits per heavy atom. The third-order valence-corrected chi connectivity index (χ3v) is 2.04. The largest absolute Gasteiger partial charge is 0.409 e. The van der Waals surface area contributed by atoms with Gasteiger partial charge >= 0.3 is 0 Å². The fourth-order valence-electron chi connectivity index (χ4n) is 1.09. The number of hydrogen-bond acceptors (Lipinski definition) is 4. The molecule has 0 aromatic heterocycles. The van der Waals surface area contributed by atoms with Crippen molar-refractivity contribution in [3.63, 3.8) is 0 Å². The standard InChI is InChI=1S/C9H19N3O3/c1-12(5-3-2-4-6-13)9(14)7-8(10)11-15/h13,15H,2-7H2,1H3,(H2,10,11). The first-order valence-electron chi connectivity index (χ1n) is 4.93. The zero-order valence-corrected chi connectivity index (χ0v) is 9.02. The first-order valence-corrected chi connectivity index (χ1v) is 4.93. The number of amidine groups is 1. The molecule has 0 bridgehead atoms. The lowest BCUT2D eigenvalue weighted by Crippen LogP contribution is -2.31. The molecule has 0 heterocycles. The lowest BCUT2D eigenvalue weighted by atomic mass is 10.2. The molecule has 88 valence electrons. The topological polar surface area (TPSA) is 99.2 Å². The lowest BCUT2D eigenvalue weighted by molar-refractivity contribution is -0.128. The maximum atomic E-state index is 11.4. The Morgan fingerprint density at radius 2 is 2.07 bits per heavy atom. The monoisotopic (exact) mass is 217 g/mol. The summed E-state index contributed by atoms with van der Waals surface area (Å²) in [5.74, 6) is -0.253. The second-order valence-corrected chi connectivity index (χ2v) is 3.37. The summed E-state index contributed by atoms with van der Waals surface area (Å²) < 4.78 is 0. The van der Waals surface area contributed by atoms with Crippen LogP contribution in [0.2, 0.25) is 0 Å². The number of carbonyl (C=O) groups excluding carboxylic acids is 1. The van der Waals surface area contributed by atoms with Gasteiger partial charge in [-0.3, -0.25) is 4.79 Å². The second-order valence-electron chi connectivity index (χ2n) is 3.37. The van der Waals surface area contributed by atoms with E-state index >= 15 is 0 Å². The van der Waals surface area contributed by atoms with E-state index in [9.17, 15) is 4.79 Å². The Kier molecular flexibility index (Phi) is 7.35. The van der Waals surface area contributed by atoms with Gasteiger partial charge in [0.15, 0.2) is 0 Å². The molecular formula is C9H19N3O3. The van der Waals surface area contributed by atoms with Gasteiger partial charge in [0, 0.05) is 20.2 Å². The van der Waals surface area contributed by atoms with Crippen LogP contribution < -0.4 is 5.73 Å². The van der Waals surface area contributed by atoms with Crippen molar-refractivity contribution in [1.29, 1.82) is 0 Å². The van der Waals surface area contributed by atoms with Crippen LogP contribution in [0.4, 0.5) is 0 Å². The number of oxime groups is 1. The molecule has 0 unspecified atom stereocenters. The van der Waals surface area contributed by atoms with E-state index in [1.54, 1.807) is 7.05 Å².